The number of rotatable bonds is 4. The highest BCUT2D eigenvalue weighted by Gasteiger charge is 2.14. The lowest BCUT2D eigenvalue weighted by molar-refractivity contribution is 0.100. The highest BCUT2D eigenvalue weighted by atomic mass is 16.5. The second kappa shape index (κ2) is 5.92. The fourth-order valence-electron chi connectivity index (χ4n) is 2.51. The van der Waals surface area contributed by atoms with Gasteiger partial charge in [0.1, 0.15) is 5.75 Å². The molecule has 6 heteroatoms. The zero-order valence-corrected chi connectivity index (χ0v) is 12.4. The largest absolute Gasteiger partial charge is 0.497 e. The molecule has 0 aliphatic carbocycles. The minimum Gasteiger partial charge on any atom is -0.497 e. The lowest BCUT2D eigenvalue weighted by Gasteiger charge is -2.08. The predicted molar refractivity (Wildman–Crippen MR) is 85.5 cm³/mol. The number of carbonyl (C=O) groups excluding carboxylic acids is 1. The number of methoxy groups -OCH3 is 1. The Bertz CT molecular complexity index is 947. The Morgan fingerprint density at radius 1 is 1.39 bits per heavy atom. The number of carbonyl (C=O) groups is 1. The fraction of sp³-hybridized carbons (Fsp3) is 0.118. The number of aromatic amines is 1. The highest BCUT2D eigenvalue weighted by Crippen LogP contribution is 2.21. The summed E-state index contributed by atoms with van der Waals surface area (Å²) in [6.45, 7) is 0. The molecule has 1 heterocycles. The van der Waals surface area contributed by atoms with Gasteiger partial charge in [-0.1, -0.05) is 24.3 Å². The van der Waals surface area contributed by atoms with Crippen molar-refractivity contribution >= 4 is 16.7 Å². The molecule has 0 fully saturated rings. The van der Waals surface area contributed by atoms with Crippen molar-refractivity contribution in [1.29, 1.82) is 0 Å². The normalized spacial score (nSPS) is 10.7. The van der Waals surface area contributed by atoms with E-state index in [1.54, 1.807) is 19.2 Å². The maximum Gasteiger partial charge on any atom is 0.272 e. The Labute approximate surface area is 131 Å². The van der Waals surface area contributed by atoms with Crippen molar-refractivity contribution in [2.24, 2.45) is 5.73 Å². The van der Waals surface area contributed by atoms with Gasteiger partial charge in [0.25, 0.3) is 5.56 Å². The van der Waals surface area contributed by atoms with Gasteiger partial charge in [0, 0.05) is 11.8 Å². The van der Waals surface area contributed by atoms with Crippen LogP contribution in [-0.2, 0) is 6.42 Å². The summed E-state index contributed by atoms with van der Waals surface area (Å²) in [5.74, 6) is 0.0435. The molecule has 2 aromatic carbocycles. The van der Waals surface area contributed by atoms with Crippen LogP contribution in [0.2, 0.25) is 0 Å². The smallest absolute Gasteiger partial charge is 0.272 e. The first kappa shape index (κ1) is 14.8. The van der Waals surface area contributed by atoms with Crippen molar-refractivity contribution in [2.75, 3.05) is 7.11 Å². The first-order chi connectivity index (χ1) is 11.1. The zero-order valence-electron chi connectivity index (χ0n) is 12.4. The van der Waals surface area contributed by atoms with E-state index in [4.69, 9.17) is 10.5 Å². The second-order valence-corrected chi connectivity index (χ2v) is 5.03. The van der Waals surface area contributed by atoms with Crippen LogP contribution in [-0.4, -0.2) is 23.2 Å². The van der Waals surface area contributed by atoms with E-state index in [1.165, 1.54) is 0 Å². The van der Waals surface area contributed by atoms with Gasteiger partial charge in [-0.05, 0) is 23.8 Å². The molecule has 1 aromatic heterocycles. The van der Waals surface area contributed by atoms with Gasteiger partial charge in [-0.25, -0.2) is 5.10 Å². The number of nitrogens with zero attached hydrogens (tertiary/aromatic N) is 1. The van der Waals surface area contributed by atoms with Crippen molar-refractivity contribution in [3.63, 3.8) is 0 Å². The maximum absolute atomic E-state index is 12.0. The van der Waals surface area contributed by atoms with E-state index in [1.807, 2.05) is 24.3 Å². The van der Waals surface area contributed by atoms with Crippen LogP contribution in [0.5, 0.6) is 5.75 Å². The lowest BCUT2D eigenvalue weighted by atomic mass is 10.0. The Morgan fingerprint density at radius 3 is 2.96 bits per heavy atom. The molecule has 115 valence electrons. The number of benzene rings is 2. The molecular weight excluding hydrogens is 294 g/mol. The van der Waals surface area contributed by atoms with Crippen LogP contribution >= 0.6 is 0 Å². The van der Waals surface area contributed by atoms with Gasteiger partial charge in [-0.3, -0.25) is 9.59 Å². The van der Waals surface area contributed by atoms with Gasteiger partial charge in [0.2, 0.25) is 5.91 Å². The minimum absolute atomic E-state index is 0.0676. The van der Waals surface area contributed by atoms with Crippen LogP contribution in [0.25, 0.3) is 10.8 Å². The maximum atomic E-state index is 12.0. The number of H-pyrrole nitrogens is 1. The number of ether oxygens (including phenoxy) is 1. The van der Waals surface area contributed by atoms with Crippen LogP contribution in [0.1, 0.15) is 21.6 Å². The summed E-state index contributed by atoms with van der Waals surface area (Å²) < 4.78 is 5.21. The summed E-state index contributed by atoms with van der Waals surface area (Å²) in [7, 11) is 1.60. The summed E-state index contributed by atoms with van der Waals surface area (Å²) in [5.41, 5.74) is 6.55. The molecule has 23 heavy (non-hydrogen) atoms. The number of aromatic nitrogens is 2. The molecule has 0 aliphatic heterocycles. The summed E-state index contributed by atoms with van der Waals surface area (Å²) >= 11 is 0. The van der Waals surface area contributed by atoms with Crippen molar-refractivity contribution < 1.29 is 9.53 Å². The first-order valence-corrected chi connectivity index (χ1v) is 6.95. The third-order valence-corrected chi connectivity index (χ3v) is 3.58. The number of primary amides is 1. The summed E-state index contributed by atoms with van der Waals surface area (Å²) in [6.07, 6.45) is 0.479. The van der Waals surface area contributed by atoms with Gasteiger partial charge in [-0.2, -0.15) is 5.10 Å². The molecule has 0 aliphatic rings. The monoisotopic (exact) mass is 308 g/mol. The first-order valence-electron chi connectivity index (χ1n) is 6.95. The Hall–Kier alpha value is -3.15. The lowest BCUT2D eigenvalue weighted by Crippen LogP contribution is -2.19. The van der Waals surface area contributed by atoms with E-state index in [-0.39, 0.29) is 10.9 Å². The topological polar surface area (TPSA) is 98.1 Å². The summed E-state index contributed by atoms with van der Waals surface area (Å²) in [6, 6.07) is 13.6. The molecule has 3 rings (SSSR count). The Kier molecular flexibility index (Phi) is 3.80. The quantitative estimate of drug-likeness (QED) is 0.761. The van der Waals surface area contributed by atoms with Crippen LogP contribution in [0.4, 0.5) is 0 Å². The summed E-state index contributed by atoms with van der Waals surface area (Å²) in [5, 5.41) is 7.34. The van der Waals surface area contributed by atoms with Gasteiger partial charge >= 0.3 is 0 Å². The molecular formula is C17H14N3O3. The van der Waals surface area contributed by atoms with E-state index in [2.05, 4.69) is 16.3 Å². The van der Waals surface area contributed by atoms with Crippen LogP contribution in [0, 0.1) is 6.07 Å². The molecule has 0 atom stereocenters. The van der Waals surface area contributed by atoms with Crippen LogP contribution in [0.15, 0.2) is 41.2 Å². The van der Waals surface area contributed by atoms with Crippen molar-refractivity contribution in [3.05, 3.63) is 69.6 Å². The highest BCUT2D eigenvalue weighted by molar-refractivity contribution is 6.06. The van der Waals surface area contributed by atoms with Gasteiger partial charge in [0.05, 0.1) is 23.8 Å². The van der Waals surface area contributed by atoms with E-state index in [0.29, 0.717) is 17.5 Å². The fourth-order valence-corrected chi connectivity index (χ4v) is 2.51. The molecule has 0 unspecified atom stereocenters. The average molecular weight is 308 g/mol. The van der Waals surface area contributed by atoms with Crippen LogP contribution < -0.4 is 16.0 Å². The SMILES string of the molecule is COc1cccc(Cc2n[nH]c(=O)c3c(C(N)=O)[c]ccc23)c1. The van der Waals surface area contributed by atoms with Crippen molar-refractivity contribution in [2.45, 2.75) is 6.42 Å². The molecule has 0 saturated heterocycles. The van der Waals surface area contributed by atoms with Crippen molar-refractivity contribution in [1.82, 2.24) is 10.2 Å². The number of hydrogen-bond donors (Lipinski definition) is 2. The predicted octanol–water partition coefficient (Wildman–Crippen LogP) is 1.42. The molecule has 0 saturated carbocycles. The van der Waals surface area contributed by atoms with E-state index in [9.17, 15) is 9.59 Å². The number of fused-ring (bicyclic) bond motifs is 1. The summed E-state index contributed by atoms with van der Waals surface area (Å²) in [4.78, 5) is 23.6. The van der Waals surface area contributed by atoms with Crippen LogP contribution in [0.3, 0.4) is 0 Å². The number of amides is 1. The Balaban J connectivity index is 2.15. The molecule has 3 aromatic rings. The minimum atomic E-state index is -0.695. The van der Waals surface area contributed by atoms with Gasteiger partial charge < -0.3 is 10.5 Å². The van der Waals surface area contributed by atoms with Gasteiger partial charge in [0.15, 0.2) is 0 Å². The third-order valence-electron chi connectivity index (χ3n) is 3.58. The number of hydrogen-bond acceptors (Lipinski definition) is 4. The second-order valence-electron chi connectivity index (χ2n) is 5.03. The molecule has 0 bridgehead atoms. The third kappa shape index (κ3) is 2.78. The molecule has 6 nitrogen and oxygen atoms in total. The molecule has 3 N–H and O–H groups in total. The number of nitrogens with one attached hydrogen (secondary N) is 1. The Morgan fingerprint density at radius 2 is 2.22 bits per heavy atom. The molecule has 1 amide bonds. The standard InChI is InChI=1S/C17H14N3O3/c1-23-11-5-2-4-10(8-11)9-14-12-6-3-7-13(16(18)21)15(12)17(22)20-19-14/h2-6,8H,9H2,1H3,(H2,18,21)(H,20,22). The van der Waals surface area contributed by atoms with Gasteiger partial charge in [-0.15, -0.1) is 0 Å². The van der Waals surface area contributed by atoms with E-state index < -0.39 is 11.5 Å². The van der Waals surface area contributed by atoms with Crippen molar-refractivity contribution in [3.8, 4) is 5.75 Å². The van der Waals surface area contributed by atoms with E-state index in [0.717, 1.165) is 11.3 Å². The van der Waals surface area contributed by atoms with E-state index >= 15 is 0 Å². The molecule has 1 radical (unpaired) electrons. The molecule has 0 spiro atoms. The average Bonchev–Trinajstić information content (AvgIpc) is 2.57. The number of nitrogens with two attached hydrogens (primary N) is 1. The zero-order chi connectivity index (χ0) is 16.4.